The van der Waals surface area contributed by atoms with Gasteiger partial charge in [-0.15, -0.1) is 0 Å². The Labute approximate surface area is 129 Å². The lowest BCUT2D eigenvalue weighted by Crippen LogP contribution is -2.60. The number of hydrogen-bond acceptors (Lipinski definition) is 4. The second kappa shape index (κ2) is 5.71. The number of aromatic nitrogens is 1. The first-order chi connectivity index (χ1) is 10.8. The molecule has 6 nitrogen and oxygen atoms in total. The van der Waals surface area contributed by atoms with E-state index in [0.29, 0.717) is 12.8 Å². The van der Waals surface area contributed by atoms with Gasteiger partial charge >= 0.3 is 6.18 Å². The average molecular weight is 329 g/mol. The summed E-state index contributed by atoms with van der Waals surface area (Å²) in [5.74, 6) is -0.876. The van der Waals surface area contributed by atoms with E-state index in [4.69, 9.17) is 4.74 Å². The molecule has 9 heteroatoms. The van der Waals surface area contributed by atoms with Gasteiger partial charge in [0.05, 0.1) is 13.1 Å². The summed E-state index contributed by atoms with van der Waals surface area (Å²) in [6, 6.07) is 1.55. The van der Waals surface area contributed by atoms with Crippen molar-refractivity contribution in [1.29, 1.82) is 0 Å². The highest BCUT2D eigenvalue weighted by atomic mass is 19.4. The summed E-state index contributed by atoms with van der Waals surface area (Å²) >= 11 is 0. The number of pyridine rings is 1. The SMILES string of the molecule is O=C1CCC(C(=O)N2CC(Oc3ncccc3C(F)(F)F)C2)N1. The Morgan fingerprint density at radius 1 is 1.39 bits per heavy atom. The van der Waals surface area contributed by atoms with E-state index in [9.17, 15) is 22.8 Å². The van der Waals surface area contributed by atoms with Crippen LogP contribution in [-0.2, 0) is 15.8 Å². The van der Waals surface area contributed by atoms with Crippen LogP contribution in [0.5, 0.6) is 5.88 Å². The fourth-order valence-electron chi connectivity index (χ4n) is 2.57. The highest BCUT2D eigenvalue weighted by Gasteiger charge is 2.40. The number of halogens is 3. The van der Waals surface area contributed by atoms with Crippen molar-refractivity contribution in [2.45, 2.75) is 31.2 Å². The van der Waals surface area contributed by atoms with Gasteiger partial charge in [-0.2, -0.15) is 13.2 Å². The highest BCUT2D eigenvalue weighted by molar-refractivity contribution is 5.91. The zero-order chi connectivity index (χ0) is 16.6. The van der Waals surface area contributed by atoms with E-state index in [1.165, 1.54) is 17.2 Å². The molecular weight excluding hydrogens is 315 g/mol. The van der Waals surface area contributed by atoms with E-state index in [1.807, 2.05) is 0 Å². The molecular formula is C14H14F3N3O3. The largest absolute Gasteiger partial charge is 0.470 e. The van der Waals surface area contributed by atoms with Crippen LogP contribution in [0.3, 0.4) is 0 Å². The highest BCUT2D eigenvalue weighted by Crippen LogP contribution is 2.35. The van der Waals surface area contributed by atoms with Crippen molar-refractivity contribution in [2.75, 3.05) is 13.1 Å². The minimum Gasteiger partial charge on any atom is -0.470 e. The average Bonchev–Trinajstić information content (AvgIpc) is 2.88. The van der Waals surface area contributed by atoms with E-state index in [2.05, 4.69) is 10.3 Å². The maximum absolute atomic E-state index is 12.8. The summed E-state index contributed by atoms with van der Waals surface area (Å²) in [6.07, 6.45) is -3.10. The lowest BCUT2D eigenvalue weighted by Gasteiger charge is -2.40. The lowest BCUT2D eigenvalue weighted by atomic mass is 10.1. The number of rotatable bonds is 3. The third kappa shape index (κ3) is 3.22. The number of carbonyl (C=O) groups is 2. The molecule has 1 aromatic heterocycles. The van der Waals surface area contributed by atoms with Gasteiger partial charge in [0.25, 0.3) is 0 Å². The number of likely N-dealkylation sites (tertiary alicyclic amines) is 1. The Morgan fingerprint density at radius 2 is 2.13 bits per heavy atom. The van der Waals surface area contributed by atoms with Crippen LogP contribution in [0.1, 0.15) is 18.4 Å². The molecule has 1 unspecified atom stereocenters. The van der Waals surface area contributed by atoms with Crippen molar-refractivity contribution in [3.63, 3.8) is 0 Å². The summed E-state index contributed by atoms with van der Waals surface area (Å²) in [5, 5.41) is 2.56. The van der Waals surface area contributed by atoms with Crippen molar-refractivity contribution in [2.24, 2.45) is 0 Å². The molecule has 2 fully saturated rings. The van der Waals surface area contributed by atoms with Crippen molar-refractivity contribution in [3.05, 3.63) is 23.9 Å². The number of hydrogen-bond donors (Lipinski definition) is 1. The van der Waals surface area contributed by atoms with E-state index in [0.717, 1.165) is 6.07 Å². The molecule has 23 heavy (non-hydrogen) atoms. The molecule has 3 rings (SSSR count). The van der Waals surface area contributed by atoms with Crippen molar-refractivity contribution >= 4 is 11.8 Å². The summed E-state index contributed by atoms with van der Waals surface area (Å²) in [4.78, 5) is 28.2. The molecule has 1 N–H and O–H groups in total. The van der Waals surface area contributed by atoms with Crippen LogP contribution < -0.4 is 10.1 Å². The zero-order valence-corrected chi connectivity index (χ0v) is 12.0. The molecule has 2 aliphatic heterocycles. The Hall–Kier alpha value is -2.32. The molecule has 124 valence electrons. The molecule has 3 heterocycles. The predicted molar refractivity (Wildman–Crippen MR) is 71.4 cm³/mol. The van der Waals surface area contributed by atoms with Crippen LogP contribution in [0.25, 0.3) is 0 Å². The Morgan fingerprint density at radius 3 is 2.74 bits per heavy atom. The standard InChI is InChI=1S/C14H14F3N3O3/c15-14(16,17)9-2-1-5-18-12(9)23-8-6-20(7-8)13(22)10-3-4-11(21)19-10/h1-2,5,8,10H,3-4,6-7H2,(H,19,21). The van der Waals surface area contributed by atoms with Crippen LogP contribution in [-0.4, -0.2) is 46.9 Å². The molecule has 2 aliphatic rings. The minimum absolute atomic E-state index is 0.167. The van der Waals surface area contributed by atoms with Crippen LogP contribution in [0.4, 0.5) is 13.2 Å². The Balaban J connectivity index is 1.57. The van der Waals surface area contributed by atoms with Crippen molar-refractivity contribution in [1.82, 2.24) is 15.2 Å². The van der Waals surface area contributed by atoms with Crippen LogP contribution in [0.2, 0.25) is 0 Å². The van der Waals surface area contributed by atoms with Gasteiger partial charge in [0, 0.05) is 12.6 Å². The first-order valence-electron chi connectivity index (χ1n) is 7.11. The molecule has 2 saturated heterocycles. The van der Waals surface area contributed by atoms with Gasteiger partial charge in [0.15, 0.2) is 0 Å². The van der Waals surface area contributed by atoms with E-state index < -0.39 is 29.8 Å². The van der Waals surface area contributed by atoms with Crippen molar-refractivity contribution in [3.8, 4) is 5.88 Å². The van der Waals surface area contributed by atoms with E-state index >= 15 is 0 Å². The fraction of sp³-hybridized carbons (Fsp3) is 0.500. The van der Waals surface area contributed by atoms with Crippen LogP contribution in [0.15, 0.2) is 18.3 Å². The summed E-state index contributed by atoms with van der Waals surface area (Å²) in [6.45, 7) is 0.359. The third-order valence-electron chi connectivity index (χ3n) is 3.81. The molecule has 0 spiro atoms. The smallest absolute Gasteiger partial charge is 0.421 e. The first kappa shape index (κ1) is 15.6. The zero-order valence-electron chi connectivity index (χ0n) is 12.0. The molecule has 0 aromatic carbocycles. The molecule has 1 atom stereocenters. The number of amides is 2. The lowest BCUT2D eigenvalue weighted by molar-refractivity contribution is -0.146. The van der Waals surface area contributed by atoms with Gasteiger partial charge in [-0.25, -0.2) is 4.98 Å². The molecule has 0 saturated carbocycles. The van der Waals surface area contributed by atoms with Gasteiger partial charge in [-0.1, -0.05) is 0 Å². The number of carbonyl (C=O) groups excluding carboxylic acids is 2. The van der Waals surface area contributed by atoms with Gasteiger partial charge < -0.3 is 15.0 Å². The Bertz CT molecular complexity index is 629. The van der Waals surface area contributed by atoms with Gasteiger partial charge in [0.1, 0.15) is 17.7 Å². The van der Waals surface area contributed by atoms with E-state index in [-0.39, 0.29) is 24.9 Å². The fourth-order valence-corrected chi connectivity index (χ4v) is 2.57. The molecule has 1 aromatic rings. The monoisotopic (exact) mass is 329 g/mol. The normalized spacial score (nSPS) is 21.8. The topological polar surface area (TPSA) is 71.5 Å². The number of nitrogens with zero attached hydrogens (tertiary/aromatic N) is 2. The Kier molecular flexibility index (Phi) is 3.87. The van der Waals surface area contributed by atoms with Gasteiger partial charge in [-0.3, -0.25) is 9.59 Å². The van der Waals surface area contributed by atoms with E-state index in [1.54, 1.807) is 0 Å². The molecule has 0 bridgehead atoms. The third-order valence-corrected chi connectivity index (χ3v) is 3.81. The summed E-state index contributed by atoms with van der Waals surface area (Å²) in [7, 11) is 0. The molecule has 2 amide bonds. The van der Waals surface area contributed by atoms with Crippen LogP contribution in [0, 0.1) is 0 Å². The number of nitrogens with one attached hydrogen (secondary N) is 1. The van der Waals surface area contributed by atoms with Gasteiger partial charge in [0.2, 0.25) is 17.7 Å². The number of ether oxygens (including phenoxy) is 1. The maximum atomic E-state index is 12.8. The summed E-state index contributed by atoms with van der Waals surface area (Å²) < 4.78 is 43.8. The van der Waals surface area contributed by atoms with Crippen molar-refractivity contribution < 1.29 is 27.5 Å². The molecule has 0 aliphatic carbocycles. The quantitative estimate of drug-likeness (QED) is 0.897. The second-order valence-electron chi connectivity index (χ2n) is 5.50. The van der Waals surface area contributed by atoms with Crippen LogP contribution >= 0.6 is 0 Å². The first-order valence-corrected chi connectivity index (χ1v) is 7.11. The maximum Gasteiger partial charge on any atom is 0.421 e. The minimum atomic E-state index is -4.54. The predicted octanol–water partition coefficient (Wildman–Crippen LogP) is 0.969. The van der Waals surface area contributed by atoms with Gasteiger partial charge in [-0.05, 0) is 18.6 Å². The summed E-state index contributed by atoms with van der Waals surface area (Å²) in [5.41, 5.74) is -0.937. The number of alkyl halides is 3. The molecule has 0 radical (unpaired) electrons. The second-order valence-corrected chi connectivity index (χ2v) is 5.50.